The number of rotatable bonds is 1. The highest BCUT2D eigenvalue weighted by Gasteiger charge is 2.43. The molecule has 0 atom stereocenters. The van der Waals surface area contributed by atoms with Crippen molar-refractivity contribution in [1.29, 1.82) is 0 Å². The largest absolute Gasteiger partial charge is 0.464 e. The van der Waals surface area contributed by atoms with E-state index >= 15 is 0 Å². The molecule has 1 fully saturated rings. The molecule has 0 unspecified atom stereocenters. The van der Waals surface area contributed by atoms with Crippen LogP contribution in [0, 0.1) is 0 Å². The van der Waals surface area contributed by atoms with Gasteiger partial charge in [-0.25, -0.2) is 0 Å². The third kappa shape index (κ3) is 0.787. The van der Waals surface area contributed by atoms with E-state index in [2.05, 4.69) is 6.07 Å². The van der Waals surface area contributed by atoms with Crippen molar-refractivity contribution < 1.29 is 4.42 Å². The van der Waals surface area contributed by atoms with Gasteiger partial charge in [0.2, 0.25) is 0 Å². The highest BCUT2D eigenvalue weighted by molar-refractivity contribution is 5.31. The standard InChI is InChI=1S/C10H13NO/c11-10(4-5-10)9-6-7-2-1-3-8(7)12-9/h6H,1-5,11H2. The molecule has 2 nitrogen and oxygen atoms in total. The second kappa shape index (κ2) is 1.94. The molecular formula is C10H13NO. The van der Waals surface area contributed by atoms with E-state index in [9.17, 15) is 0 Å². The van der Waals surface area contributed by atoms with Gasteiger partial charge in [-0.2, -0.15) is 0 Å². The minimum absolute atomic E-state index is 0.0790. The Balaban J connectivity index is 2.03. The maximum absolute atomic E-state index is 6.04. The van der Waals surface area contributed by atoms with Crippen LogP contribution in [0.5, 0.6) is 0 Å². The molecule has 0 radical (unpaired) electrons. The van der Waals surface area contributed by atoms with E-state index in [1.54, 1.807) is 0 Å². The van der Waals surface area contributed by atoms with Crippen molar-refractivity contribution in [2.45, 2.75) is 37.6 Å². The quantitative estimate of drug-likeness (QED) is 0.684. The fourth-order valence-corrected chi connectivity index (χ4v) is 1.96. The van der Waals surface area contributed by atoms with E-state index in [4.69, 9.17) is 10.2 Å². The molecule has 1 aromatic rings. The summed E-state index contributed by atoms with van der Waals surface area (Å²) in [7, 11) is 0. The minimum Gasteiger partial charge on any atom is -0.464 e. The van der Waals surface area contributed by atoms with E-state index in [1.165, 1.54) is 24.2 Å². The van der Waals surface area contributed by atoms with Gasteiger partial charge in [0.25, 0.3) is 0 Å². The molecule has 12 heavy (non-hydrogen) atoms. The monoisotopic (exact) mass is 163 g/mol. The first-order valence-electron chi connectivity index (χ1n) is 4.69. The first-order chi connectivity index (χ1) is 5.78. The lowest BCUT2D eigenvalue weighted by atomic mass is 10.2. The van der Waals surface area contributed by atoms with Crippen LogP contribution in [0.15, 0.2) is 10.5 Å². The van der Waals surface area contributed by atoms with Crippen LogP contribution in [0.2, 0.25) is 0 Å². The van der Waals surface area contributed by atoms with Crippen LogP contribution in [-0.4, -0.2) is 0 Å². The maximum Gasteiger partial charge on any atom is 0.124 e. The lowest BCUT2D eigenvalue weighted by molar-refractivity contribution is 0.427. The number of furan rings is 1. The fourth-order valence-electron chi connectivity index (χ4n) is 1.96. The fraction of sp³-hybridized carbons (Fsp3) is 0.600. The third-order valence-electron chi connectivity index (χ3n) is 3.03. The zero-order valence-electron chi connectivity index (χ0n) is 7.10. The third-order valence-corrected chi connectivity index (χ3v) is 3.03. The Kier molecular flexibility index (Phi) is 1.09. The number of nitrogens with two attached hydrogens (primary N) is 1. The van der Waals surface area contributed by atoms with E-state index in [0.29, 0.717) is 0 Å². The van der Waals surface area contributed by atoms with Gasteiger partial charge in [-0.15, -0.1) is 0 Å². The highest BCUT2D eigenvalue weighted by atomic mass is 16.3. The molecule has 1 saturated carbocycles. The van der Waals surface area contributed by atoms with Gasteiger partial charge in [-0.3, -0.25) is 0 Å². The molecule has 2 heteroatoms. The summed E-state index contributed by atoms with van der Waals surface area (Å²) >= 11 is 0. The predicted octanol–water partition coefficient (Wildman–Crippen LogP) is 1.72. The summed E-state index contributed by atoms with van der Waals surface area (Å²) in [4.78, 5) is 0. The zero-order chi connectivity index (χ0) is 8.18. The van der Waals surface area contributed by atoms with Gasteiger partial charge in [0.1, 0.15) is 11.5 Å². The maximum atomic E-state index is 6.04. The van der Waals surface area contributed by atoms with Crippen LogP contribution in [0.4, 0.5) is 0 Å². The van der Waals surface area contributed by atoms with Gasteiger partial charge in [-0.1, -0.05) is 0 Å². The molecular weight excluding hydrogens is 150 g/mol. The molecule has 0 aliphatic heterocycles. The molecule has 0 saturated heterocycles. The second-order valence-corrected chi connectivity index (χ2v) is 4.07. The molecule has 3 rings (SSSR count). The minimum atomic E-state index is -0.0790. The summed E-state index contributed by atoms with van der Waals surface area (Å²) in [6.07, 6.45) is 5.76. The van der Waals surface area contributed by atoms with Crippen LogP contribution in [0.3, 0.4) is 0 Å². The second-order valence-electron chi connectivity index (χ2n) is 4.07. The van der Waals surface area contributed by atoms with Crippen molar-refractivity contribution in [3.63, 3.8) is 0 Å². The topological polar surface area (TPSA) is 39.2 Å². The summed E-state index contributed by atoms with van der Waals surface area (Å²) in [5, 5.41) is 0. The van der Waals surface area contributed by atoms with Gasteiger partial charge in [0, 0.05) is 6.42 Å². The van der Waals surface area contributed by atoms with Crippen LogP contribution in [0.25, 0.3) is 0 Å². The Bertz CT molecular complexity index is 301. The zero-order valence-corrected chi connectivity index (χ0v) is 7.10. The predicted molar refractivity (Wildman–Crippen MR) is 45.8 cm³/mol. The van der Waals surface area contributed by atoms with Crippen molar-refractivity contribution in [3.05, 3.63) is 23.2 Å². The Labute approximate surface area is 71.7 Å². The van der Waals surface area contributed by atoms with Gasteiger partial charge >= 0.3 is 0 Å². The molecule has 64 valence electrons. The van der Waals surface area contributed by atoms with Crippen molar-refractivity contribution in [1.82, 2.24) is 0 Å². The first kappa shape index (κ1) is 6.72. The molecule has 0 aromatic carbocycles. The Hall–Kier alpha value is -0.760. The normalized spacial score (nSPS) is 24.1. The van der Waals surface area contributed by atoms with Crippen LogP contribution in [-0.2, 0) is 18.4 Å². The molecule has 2 aliphatic rings. The number of hydrogen-bond acceptors (Lipinski definition) is 2. The van der Waals surface area contributed by atoms with E-state index in [0.717, 1.165) is 25.0 Å². The highest BCUT2D eigenvalue weighted by Crippen LogP contribution is 2.45. The van der Waals surface area contributed by atoms with Gasteiger partial charge in [0.15, 0.2) is 0 Å². The van der Waals surface area contributed by atoms with Crippen molar-refractivity contribution in [2.24, 2.45) is 5.73 Å². The lowest BCUT2D eigenvalue weighted by Gasteiger charge is -2.02. The average Bonchev–Trinajstić information content (AvgIpc) is 2.50. The molecule has 2 N–H and O–H groups in total. The molecule has 0 bridgehead atoms. The number of hydrogen-bond donors (Lipinski definition) is 1. The summed E-state index contributed by atoms with van der Waals surface area (Å²) in [5.41, 5.74) is 7.36. The molecule has 2 aliphatic carbocycles. The van der Waals surface area contributed by atoms with Crippen molar-refractivity contribution in [2.75, 3.05) is 0 Å². The summed E-state index contributed by atoms with van der Waals surface area (Å²) in [5.74, 6) is 2.23. The Morgan fingerprint density at radius 2 is 2.17 bits per heavy atom. The summed E-state index contributed by atoms with van der Waals surface area (Å²) in [6.45, 7) is 0. The van der Waals surface area contributed by atoms with Gasteiger partial charge in [0.05, 0.1) is 5.54 Å². The molecule has 0 spiro atoms. The lowest BCUT2D eigenvalue weighted by Crippen LogP contribution is -2.17. The van der Waals surface area contributed by atoms with E-state index in [1.807, 2.05) is 0 Å². The SMILES string of the molecule is NC1(c2cc3c(o2)CCC3)CC1. The van der Waals surface area contributed by atoms with Crippen LogP contribution < -0.4 is 5.73 Å². The Morgan fingerprint density at radius 1 is 1.33 bits per heavy atom. The first-order valence-corrected chi connectivity index (χ1v) is 4.69. The molecule has 0 amide bonds. The van der Waals surface area contributed by atoms with Crippen molar-refractivity contribution >= 4 is 0 Å². The Morgan fingerprint density at radius 3 is 2.83 bits per heavy atom. The molecule has 1 heterocycles. The van der Waals surface area contributed by atoms with Gasteiger partial charge in [-0.05, 0) is 37.3 Å². The van der Waals surface area contributed by atoms with Crippen molar-refractivity contribution in [3.8, 4) is 0 Å². The number of fused-ring (bicyclic) bond motifs is 1. The molecule has 1 aromatic heterocycles. The summed E-state index contributed by atoms with van der Waals surface area (Å²) < 4.78 is 5.73. The number of aryl methyl sites for hydroxylation is 2. The average molecular weight is 163 g/mol. The van der Waals surface area contributed by atoms with E-state index in [-0.39, 0.29) is 5.54 Å². The van der Waals surface area contributed by atoms with E-state index < -0.39 is 0 Å². The smallest absolute Gasteiger partial charge is 0.124 e. The van der Waals surface area contributed by atoms with Gasteiger partial charge < -0.3 is 10.2 Å². The van der Waals surface area contributed by atoms with Crippen LogP contribution >= 0.6 is 0 Å². The summed E-state index contributed by atoms with van der Waals surface area (Å²) in [6, 6.07) is 2.18. The van der Waals surface area contributed by atoms with Crippen LogP contribution in [0.1, 0.15) is 36.3 Å².